The molecule has 0 unspecified atom stereocenters. The molecule has 170 valence electrons. The summed E-state index contributed by atoms with van der Waals surface area (Å²) >= 11 is 1.61. The number of hydrogen-bond acceptors (Lipinski definition) is 6. The van der Waals surface area contributed by atoms with Crippen molar-refractivity contribution >= 4 is 17.2 Å². The molecule has 3 aromatic rings. The van der Waals surface area contributed by atoms with Crippen molar-refractivity contribution in [3.63, 3.8) is 0 Å². The minimum absolute atomic E-state index is 0.0120. The summed E-state index contributed by atoms with van der Waals surface area (Å²) in [5, 5.41) is 5.07. The number of rotatable bonds is 7. The molecule has 0 spiro atoms. The van der Waals surface area contributed by atoms with Crippen LogP contribution in [0.3, 0.4) is 0 Å². The molecule has 0 bridgehead atoms. The highest BCUT2D eigenvalue weighted by Crippen LogP contribution is 2.43. The van der Waals surface area contributed by atoms with Gasteiger partial charge in [0.05, 0.1) is 17.7 Å². The van der Waals surface area contributed by atoms with Crippen molar-refractivity contribution in [1.82, 2.24) is 14.9 Å². The number of fused-ring (bicyclic) bond motifs is 3. The second-order valence-corrected chi connectivity index (χ2v) is 10.00. The van der Waals surface area contributed by atoms with E-state index in [9.17, 15) is 4.79 Å². The first-order chi connectivity index (χ1) is 15.3. The standard InChI is InChI=1S/C24H30N4O3S/c1-24(2,3)14-26-23(29)22-27-20(19-6-5-11-32-19)21-16-13-18(31-10-8-25)17(30-4)12-15(16)7-9-28(21)22/h5-6,11-13H,7-10,14,25H2,1-4H3,(H,26,29). The molecule has 0 radical (unpaired) electrons. The summed E-state index contributed by atoms with van der Waals surface area (Å²) in [6.45, 7) is 8.34. The van der Waals surface area contributed by atoms with Crippen LogP contribution < -0.4 is 20.5 Å². The van der Waals surface area contributed by atoms with E-state index < -0.39 is 0 Å². The number of nitrogens with zero attached hydrogens (tertiary/aromatic N) is 2. The van der Waals surface area contributed by atoms with E-state index in [1.807, 2.05) is 34.2 Å². The highest BCUT2D eigenvalue weighted by Gasteiger charge is 2.30. The minimum atomic E-state index is -0.152. The molecular weight excluding hydrogens is 424 g/mol. The molecule has 3 N–H and O–H groups in total. The Morgan fingerprint density at radius 3 is 2.78 bits per heavy atom. The Morgan fingerprint density at radius 1 is 1.31 bits per heavy atom. The van der Waals surface area contributed by atoms with Gasteiger partial charge in [0.1, 0.15) is 12.3 Å². The molecule has 7 nitrogen and oxygen atoms in total. The number of nitrogens with one attached hydrogen (secondary N) is 1. The molecule has 8 heteroatoms. The van der Waals surface area contributed by atoms with E-state index in [1.54, 1.807) is 18.4 Å². The molecule has 0 saturated carbocycles. The van der Waals surface area contributed by atoms with Gasteiger partial charge < -0.3 is 25.1 Å². The van der Waals surface area contributed by atoms with E-state index >= 15 is 0 Å². The average molecular weight is 455 g/mol. The number of ether oxygens (including phenoxy) is 2. The predicted octanol–water partition coefficient (Wildman–Crippen LogP) is 3.96. The summed E-state index contributed by atoms with van der Waals surface area (Å²) in [6.07, 6.45) is 0.773. The van der Waals surface area contributed by atoms with E-state index in [1.165, 1.54) is 0 Å². The van der Waals surface area contributed by atoms with Gasteiger partial charge in [-0.25, -0.2) is 4.98 Å². The molecule has 4 rings (SSSR count). The third-order valence-electron chi connectivity index (χ3n) is 5.33. The highest BCUT2D eigenvalue weighted by atomic mass is 32.1. The van der Waals surface area contributed by atoms with Gasteiger partial charge in [0.2, 0.25) is 0 Å². The third kappa shape index (κ3) is 4.38. The van der Waals surface area contributed by atoms with E-state index in [0.717, 1.165) is 33.8 Å². The number of methoxy groups -OCH3 is 1. The summed E-state index contributed by atoms with van der Waals surface area (Å²) < 4.78 is 13.5. The maximum absolute atomic E-state index is 13.1. The van der Waals surface area contributed by atoms with Crippen molar-refractivity contribution in [2.75, 3.05) is 26.8 Å². The van der Waals surface area contributed by atoms with Gasteiger partial charge in [-0.15, -0.1) is 11.3 Å². The number of aromatic nitrogens is 2. The van der Waals surface area contributed by atoms with Crippen molar-refractivity contribution in [3.8, 4) is 33.3 Å². The van der Waals surface area contributed by atoms with Crippen molar-refractivity contribution in [3.05, 3.63) is 41.0 Å². The first-order valence-electron chi connectivity index (χ1n) is 10.8. The topological polar surface area (TPSA) is 91.4 Å². The molecule has 32 heavy (non-hydrogen) atoms. The van der Waals surface area contributed by atoms with Crippen LogP contribution in [-0.2, 0) is 13.0 Å². The van der Waals surface area contributed by atoms with Gasteiger partial charge in [-0.3, -0.25) is 4.79 Å². The molecule has 1 aliphatic heterocycles. The summed E-state index contributed by atoms with van der Waals surface area (Å²) in [6, 6.07) is 8.05. The van der Waals surface area contributed by atoms with Crippen molar-refractivity contribution in [2.45, 2.75) is 33.7 Å². The average Bonchev–Trinajstić information content (AvgIpc) is 3.42. The second kappa shape index (κ2) is 8.96. The Bertz CT molecular complexity index is 1110. The minimum Gasteiger partial charge on any atom is -0.493 e. The van der Waals surface area contributed by atoms with E-state index in [2.05, 4.69) is 26.1 Å². The quantitative estimate of drug-likeness (QED) is 0.564. The smallest absolute Gasteiger partial charge is 0.287 e. The van der Waals surface area contributed by atoms with Crippen LogP contribution in [0.1, 0.15) is 37.0 Å². The lowest BCUT2D eigenvalue weighted by molar-refractivity contribution is 0.0924. The second-order valence-electron chi connectivity index (χ2n) is 9.05. The van der Waals surface area contributed by atoms with Crippen molar-refractivity contribution < 1.29 is 14.3 Å². The van der Waals surface area contributed by atoms with E-state index in [4.69, 9.17) is 20.2 Å². The van der Waals surface area contributed by atoms with Gasteiger partial charge in [0.25, 0.3) is 5.91 Å². The normalized spacial score (nSPS) is 12.8. The molecule has 1 aliphatic rings. The lowest BCUT2D eigenvalue weighted by atomic mass is 9.95. The zero-order chi connectivity index (χ0) is 22.9. The molecule has 1 amide bonds. The monoisotopic (exact) mass is 454 g/mol. The fourth-order valence-corrected chi connectivity index (χ4v) is 4.54. The van der Waals surface area contributed by atoms with E-state index in [-0.39, 0.29) is 11.3 Å². The van der Waals surface area contributed by atoms with Crippen molar-refractivity contribution in [1.29, 1.82) is 0 Å². The zero-order valence-corrected chi connectivity index (χ0v) is 19.8. The van der Waals surface area contributed by atoms with Gasteiger partial charge in [-0.05, 0) is 41.0 Å². The van der Waals surface area contributed by atoms with Gasteiger partial charge in [-0.1, -0.05) is 26.8 Å². The molecule has 0 fully saturated rings. The maximum Gasteiger partial charge on any atom is 0.287 e. The summed E-state index contributed by atoms with van der Waals surface area (Å²) in [7, 11) is 1.64. The number of aryl methyl sites for hydroxylation is 1. The van der Waals surface area contributed by atoms with Gasteiger partial charge in [0, 0.05) is 25.2 Å². The van der Waals surface area contributed by atoms with Crippen LogP contribution in [0.2, 0.25) is 0 Å². The van der Waals surface area contributed by atoms with Crippen LogP contribution in [0.4, 0.5) is 0 Å². The number of hydrogen-bond donors (Lipinski definition) is 2. The Labute approximate surface area is 192 Å². The molecule has 3 heterocycles. The third-order valence-corrected chi connectivity index (χ3v) is 6.21. The number of nitrogens with two attached hydrogens (primary N) is 1. The lowest BCUT2D eigenvalue weighted by Gasteiger charge is -2.23. The maximum atomic E-state index is 13.1. The van der Waals surface area contributed by atoms with Crippen LogP contribution in [0.25, 0.3) is 21.8 Å². The van der Waals surface area contributed by atoms with Crippen LogP contribution in [0.15, 0.2) is 29.6 Å². The number of imidazole rings is 1. The molecule has 1 aromatic carbocycles. The fourth-order valence-electron chi connectivity index (χ4n) is 3.83. The number of carbonyl (C=O) groups is 1. The Balaban J connectivity index is 1.84. The van der Waals surface area contributed by atoms with Crippen LogP contribution in [0, 0.1) is 5.41 Å². The van der Waals surface area contributed by atoms with E-state index in [0.29, 0.717) is 43.6 Å². The van der Waals surface area contributed by atoms with Crippen LogP contribution in [-0.4, -0.2) is 42.3 Å². The molecule has 2 aromatic heterocycles. The van der Waals surface area contributed by atoms with Gasteiger partial charge >= 0.3 is 0 Å². The number of benzene rings is 1. The predicted molar refractivity (Wildman–Crippen MR) is 128 cm³/mol. The van der Waals surface area contributed by atoms with Crippen LogP contribution in [0.5, 0.6) is 11.5 Å². The first kappa shape index (κ1) is 22.4. The first-order valence-corrected chi connectivity index (χ1v) is 11.7. The van der Waals surface area contributed by atoms with Gasteiger partial charge in [-0.2, -0.15) is 0 Å². The molecule has 0 aliphatic carbocycles. The highest BCUT2D eigenvalue weighted by molar-refractivity contribution is 7.13. The van der Waals surface area contributed by atoms with Crippen molar-refractivity contribution in [2.24, 2.45) is 11.1 Å². The van der Waals surface area contributed by atoms with Crippen LogP contribution >= 0.6 is 11.3 Å². The molecule has 0 atom stereocenters. The number of amides is 1. The summed E-state index contributed by atoms with van der Waals surface area (Å²) in [4.78, 5) is 19.0. The zero-order valence-electron chi connectivity index (χ0n) is 19.0. The Hall–Kier alpha value is -2.84. The largest absolute Gasteiger partial charge is 0.493 e. The molecular formula is C24H30N4O3S. The summed E-state index contributed by atoms with van der Waals surface area (Å²) in [5.41, 5.74) is 9.54. The summed E-state index contributed by atoms with van der Waals surface area (Å²) in [5.74, 6) is 1.62. The SMILES string of the molecule is COc1cc2c(cc1OCCN)-c1c(-c3cccs3)nc(C(=O)NCC(C)(C)C)n1CC2. The molecule has 0 saturated heterocycles. The fraction of sp³-hybridized carbons (Fsp3) is 0.417. The van der Waals surface area contributed by atoms with Gasteiger partial charge in [0.15, 0.2) is 17.3 Å². The Morgan fingerprint density at radius 2 is 2.12 bits per heavy atom. The lowest BCUT2D eigenvalue weighted by Crippen LogP contribution is -2.34. The number of carbonyl (C=O) groups excluding carboxylic acids is 1. The number of thiophene rings is 1. The Kier molecular flexibility index (Phi) is 6.26.